The van der Waals surface area contributed by atoms with Crippen molar-refractivity contribution in [1.82, 2.24) is 9.55 Å². The van der Waals surface area contributed by atoms with Crippen molar-refractivity contribution in [3.63, 3.8) is 0 Å². The van der Waals surface area contributed by atoms with Crippen LogP contribution in [-0.4, -0.2) is 27.0 Å². The van der Waals surface area contributed by atoms with Crippen LogP contribution < -0.4 is 22.5 Å². The van der Waals surface area contributed by atoms with Gasteiger partial charge in [-0.25, -0.2) is 4.79 Å². The smallest absolute Gasteiger partial charge is 0.327 e. The fourth-order valence-corrected chi connectivity index (χ4v) is 5.98. The lowest BCUT2D eigenvalue weighted by Crippen LogP contribution is -2.35. The van der Waals surface area contributed by atoms with E-state index >= 15 is 0 Å². The summed E-state index contributed by atoms with van der Waals surface area (Å²) in [4.78, 5) is 29.5. The van der Waals surface area contributed by atoms with Gasteiger partial charge in [-0.05, 0) is 93.4 Å². The number of rotatable bonds is 5. The summed E-state index contributed by atoms with van der Waals surface area (Å²) in [5.74, 6) is 2.36. The summed E-state index contributed by atoms with van der Waals surface area (Å²) in [6.07, 6.45) is 9.51. The normalized spacial score (nSPS) is 33.2. The third kappa shape index (κ3) is 4.89. The van der Waals surface area contributed by atoms with Crippen LogP contribution in [0.1, 0.15) is 57.4 Å². The van der Waals surface area contributed by atoms with Gasteiger partial charge in [-0.3, -0.25) is 9.36 Å². The number of carbonyl (C=O) groups is 1. The van der Waals surface area contributed by atoms with Crippen LogP contribution in [0.5, 0.6) is 0 Å². The van der Waals surface area contributed by atoms with Crippen molar-refractivity contribution in [2.45, 2.75) is 69.9 Å². The van der Waals surface area contributed by atoms with E-state index in [1.807, 2.05) is 19.1 Å². The molecule has 2 aromatic rings. The molecule has 1 aromatic heterocycles. The summed E-state index contributed by atoms with van der Waals surface area (Å²) < 4.78 is 1.51. The van der Waals surface area contributed by atoms with Gasteiger partial charge in [0.2, 0.25) is 5.91 Å². The lowest BCUT2D eigenvalue weighted by Gasteiger charge is -2.21. The fraction of sp³-hybridized carbons (Fsp3) is 0.577. The minimum atomic E-state index is -0.402. The quantitative estimate of drug-likeness (QED) is 0.607. The second kappa shape index (κ2) is 8.69. The minimum absolute atomic E-state index is 0.0767. The first-order valence-corrected chi connectivity index (χ1v) is 12.3. The average molecular weight is 450 g/mol. The van der Waals surface area contributed by atoms with Crippen molar-refractivity contribution in [1.29, 1.82) is 0 Å². The highest BCUT2D eigenvalue weighted by Crippen LogP contribution is 2.54. The molecule has 7 nitrogen and oxygen atoms in total. The van der Waals surface area contributed by atoms with E-state index in [4.69, 9.17) is 11.5 Å². The molecular weight excluding hydrogens is 414 g/mol. The number of hydrogen-bond donors (Lipinski definition) is 3. The maximum Gasteiger partial charge on any atom is 0.354 e. The summed E-state index contributed by atoms with van der Waals surface area (Å²) in [5, 5.41) is 2.83. The van der Waals surface area contributed by atoms with Gasteiger partial charge in [0.25, 0.3) is 0 Å². The molecule has 1 aromatic carbocycles. The lowest BCUT2D eigenvalue weighted by molar-refractivity contribution is -0.120. The Bertz CT molecular complexity index is 1060. The Morgan fingerprint density at radius 1 is 1.15 bits per heavy atom. The average Bonchev–Trinajstić information content (AvgIpc) is 3.22. The van der Waals surface area contributed by atoms with E-state index in [1.54, 1.807) is 12.3 Å². The van der Waals surface area contributed by atoms with Crippen molar-refractivity contribution in [3.8, 4) is 5.69 Å². The molecule has 0 aliphatic heterocycles. The van der Waals surface area contributed by atoms with Gasteiger partial charge in [0.05, 0.1) is 5.69 Å². The largest absolute Gasteiger partial charge is 0.354 e. The highest BCUT2D eigenvalue weighted by molar-refractivity contribution is 5.91. The molecule has 3 fully saturated rings. The second-order valence-corrected chi connectivity index (χ2v) is 10.8. The van der Waals surface area contributed by atoms with Crippen LogP contribution in [0.2, 0.25) is 0 Å². The van der Waals surface area contributed by atoms with Crippen LogP contribution in [0.3, 0.4) is 0 Å². The van der Waals surface area contributed by atoms with Gasteiger partial charge in [0.1, 0.15) is 5.82 Å². The van der Waals surface area contributed by atoms with Crippen LogP contribution in [0, 0.1) is 23.7 Å². The number of fused-ring (bicyclic) bond motifs is 1. The Kier molecular flexibility index (Phi) is 5.87. The van der Waals surface area contributed by atoms with Crippen molar-refractivity contribution in [2.75, 3.05) is 5.32 Å². The summed E-state index contributed by atoms with van der Waals surface area (Å²) in [5.41, 5.74) is 13.8. The van der Waals surface area contributed by atoms with Gasteiger partial charge >= 0.3 is 5.69 Å². The summed E-state index contributed by atoms with van der Waals surface area (Å²) >= 11 is 0. The molecule has 1 heterocycles. The lowest BCUT2D eigenvalue weighted by atomic mass is 9.93. The molecule has 0 saturated heterocycles. The zero-order chi connectivity index (χ0) is 23.2. The molecule has 3 saturated carbocycles. The Morgan fingerprint density at radius 3 is 2.58 bits per heavy atom. The van der Waals surface area contributed by atoms with Gasteiger partial charge in [-0.1, -0.05) is 18.6 Å². The number of carbonyl (C=O) groups excluding carboxylic acids is 1. The van der Waals surface area contributed by atoms with E-state index in [0.29, 0.717) is 11.9 Å². The molecule has 4 unspecified atom stereocenters. The van der Waals surface area contributed by atoms with Crippen LogP contribution in [-0.2, 0) is 11.2 Å². The zero-order valence-corrected chi connectivity index (χ0v) is 19.4. The number of nitrogens with zero attached hydrogens (tertiary/aromatic N) is 2. The Hall–Kier alpha value is -2.51. The van der Waals surface area contributed by atoms with Crippen molar-refractivity contribution in [3.05, 3.63) is 52.6 Å². The Morgan fingerprint density at radius 2 is 1.88 bits per heavy atom. The first kappa shape index (κ1) is 22.3. The van der Waals surface area contributed by atoms with Crippen LogP contribution >= 0.6 is 0 Å². The monoisotopic (exact) mass is 449 g/mol. The predicted octanol–water partition coefficient (Wildman–Crippen LogP) is 2.99. The van der Waals surface area contributed by atoms with Gasteiger partial charge in [-0.15, -0.1) is 0 Å². The third-order valence-corrected chi connectivity index (χ3v) is 8.14. The third-order valence-electron chi connectivity index (χ3n) is 8.14. The topological polar surface area (TPSA) is 116 Å². The number of nitrogens with two attached hydrogens (primary N) is 2. The van der Waals surface area contributed by atoms with Gasteiger partial charge in [0.15, 0.2) is 0 Å². The molecule has 6 atom stereocenters. The molecule has 33 heavy (non-hydrogen) atoms. The van der Waals surface area contributed by atoms with E-state index < -0.39 is 5.69 Å². The molecule has 0 radical (unpaired) electrons. The van der Waals surface area contributed by atoms with Gasteiger partial charge in [0, 0.05) is 23.7 Å². The molecular formula is C26H35N5O2. The molecule has 3 aliphatic rings. The number of amides is 1. The Labute approximate surface area is 195 Å². The van der Waals surface area contributed by atoms with Gasteiger partial charge < -0.3 is 16.8 Å². The highest BCUT2D eigenvalue weighted by Gasteiger charge is 2.53. The van der Waals surface area contributed by atoms with Crippen molar-refractivity contribution < 1.29 is 4.79 Å². The molecule has 7 heteroatoms. The molecule has 1 amide bonds. The minimum Gasteiger partial charge on any atom is -0.327 e. The Balaban J connectivity index is 1.20. The second-order valence-electron chi connectivity index (χ2n) is 10.8. The molecule has 176 valence electrons. The first-order valence-electron chi connectivity index (χ1n) is 12.3. The van der Waals surface area contributed by atoms with Crippen molar-refractivity contribution >= 4 is 11.7 Å². The maximum absolute atomic E-state index is 12.7. The molecule has 3 aliphatic carbocycles. The number of benzene rings is 1. The number of anilines is 1. The van der Waals surface area contributed by atoms with Crippen LogP contribution in [0.25, 0.3) is 5.69 Å². The molecule has 5 N–H and O–H groups in total. The highest BCUT2D eigenvalue weighted by atomic mass is 16.2. The standard InChI is InChI=1S/C26H35N5O2/c1-26(28)10-2-3-18(8-11-26)24(32)29-22-9-12-31(25(33)30-22)19-6-4-16(5-7-19)13-17-14-20-21(15-17)23(20)27/h4-7,9,12,17-18,20-21,23H,2-3,8,10-11,13-15,27-28H2,1H3,(H,29,30,32,33)/t17?,18?,20-,21+,23?,26?. The summed E-state index contributed by atoms with van der Waals surface area (Å²) in [6.45, 7) is 2.05. The summed E-state index contributed by atoms with van der Waals surface area (Å²) in [6, 6.07) is 10.3. The SMILES string of the molecule is CC1(N)CCCC(C(=O)Nc2ccn(-c3ccc(CC4C[C@@H]5C(N)[C@@H]5C4)cc3)c(=O)n2)CC1. The maximum atomic E-state index is 12.7. The molecule has 0 bridgehead atoms. The van der Waals surface area contributed by atoms with Crippen LogP contribution in [0.4, 0.5) is 5.82 Å². The fourth-order valence-electron chi connectivity index (χ4n) is 5.98. The predicted molar refractivity (Wildman–Crippen MR) is 129 cm³/mol. The van der Waals surface area contributed by atoms with Gasteiger partial charge in [-0.2, -0.15) is 4.98 Å². The number of aromatic nitrogens is 2. The van der Waals surface area contributed by atoms with E-state index in [2.05, 4.69) is 22.4 Å². The first-order chi connectivity index (χ1) is 15.8. The van der Waals surface area contributed by atoms with Crippen LogP contribution in [0.15, 0.2) is 41.3 Å². The van der Waals surface area contributed by atoms with E-state index in [1.165, 1.54) is 23.0 Å². The van der Waals surface area contributed by atoms with Crippen molar-refractivity contribution in [2.24, 2.45) is 35.1 Å². The number of nitrogens with one attached hydrogen (secondary N) is 1. The van der Waals surface area contributed by atoms with E-state index in [0.717, 1.165) is 62.0 Å². The summed E-state index contributed by atoms with van der Waals surface area (Å²) in [7, 11) is 0. The number of hydrogen-bond acceptors (Lipinski definition) is 5. The van der Waals surface area contributed by atoms with E-state index in [-0.39, 0.29) is 17.4 Å². The van der Waals surface area contributed by atoms with E-state index in [9.17, 15) is 9.59 Å². The molecule has 5 rings (SSSR count). The molecule has 0 spiro atoms. The zero-order valence-electron chi connectivity index (χ0n) is 19.4.